The van der Waals surface area contributed by atoms with Crippen molar-refractivity contribution in [1.29, 1.82) is 0 Å². The van der Waals surface area contributed by atoms with Crippen molar-refractivity contribution in [2.24, 2.45) is 0 Å². The number of rotatable bonds is 5. The largest absolute Gasteiger partial charge is 0.289 e. The fourth-order valence-corrected chi connectivity index (χ4v) is 1.94. The summed E-state index contributed by atoms with van der Waals surface area (Å²) in [5.74, 6) is -0.131. The van der Waals surface area contributed by atoms with Crippen molar-refractivity contribution in [1.82, 2.24) is 4.98 Å². The van der Waals surface area contributed by atoms with E-state index in [1.807, 2.05) is 0 Å². The molecule has 2 rings (SSSR count). The maximum atomic E-state index is 12.1. The van der Waals surface area contributed by atoms with Gasteiger partial charge in [0, 0.05) is 23.5 Å². The molecule has 0 aliphatic heterocycles. The van der Waals surface area contributed by atoms with Crippen molar-refractivity contribution in [2.75, 3.05) is 6.26 Å². The van der Waals surface area contributed by atoms with Crippen LogP contribution in [0.4, 0.5) is 0 Å². The van der Waals surface area contributed by atoms with Crippen molar-refractivity contribution in [3.63, 3.8) is 0 Å². The first kappa shape index (κ1) is 14.4. The zero-order valence-corrected chi connectivity index (χ0v) is 11.6. The fraction of sp³-hybridized carbons (Fsp3) is 0.143. The third-order valence-electron chi connectivity index (χ3n) is 2.58. The van der Waals surface area contributed by atoms with E-state index in [9.17, 15) is 13.2 Å². The molecular weight excluding hydrogens is 278 g/mol. The summed E-state index contributed by atoms with van der Waals surface area (Å²) < 4.78 is 26.4. The van der Waals surface area contributed by atoms with E-state index in [0.29, 0.717) is 16.7 Å². The number of aromatic nitrogens is 1. The van der Waals surface area contributed by atoms with E-state index in [4.69, 9.17) is 0 Å². The summed E-state index contributed by atoms with van der Waals surface area (Å²) in [5, 5.41) is 0. The van der Waals surface area contributed by atoms with Gasteiger partial charge in [0.25, 0.3) is 10.1 Å². The van der Waals surface area contributed by atoms with Crippen LogP contribution in [0.2, 0.25) is 0 Å². The highest BCUT2D eigenvalue weighted by Gasteiger charge is 2.09. The first-order valence-electron chi connectivity index (χ1n) is 5.84. The number of ketones is 1. The van der Waals surface area contributed by atoms with Gasteiger partial charge >= 0.3 is 0 Å². The van der Waals surface area contributed by atoms with Gasteiger partial charge in [-0.1, -0.05) is 24.3 Å². The zero-order valence-electron chi connectivity index (χ0n) is 10.8. The van der Waals surface area contributed by atoms with Gasteiger partial charge < -0.3 is 0 Å². The minimum Gasteiger partial charge on any atom is -0.289 e. The fourth-order valence-electron chi connectivity index (χ4n) is 1.59. The average molecular weight is 291 g/mol. The van der Waals surface area contributed by atoms with Crippen molar-refractivity contribution in [3.8, 4) is 0 Å². The van der Waals surface area contributed by atoms with Crippen LogP contribution in [0.25, 0.3) is 0 Å². The van der Waals surface area contributed by atoms with E-state index in [-0.39, 0.29) is 12.4 Å². The second-order valence-electron chi connectivity index (χ2n) is 4.23. The third kappa shape index (κ3) is 3.97. The molecule has 0 atom stereocenters. The summed E-state index contributed by atoms with van der Waals surface area (Å²) in [5.41, 5.74) is 1.70. The summed E-state index contributed by atoms with van der Waals surface area (Å²) in [6, 6.07) is 9.98. The summed E-state index contributed by atoms with van der Waals surface area (Å²) in [4.78, 5) is 16.0. The SMILES string of the molecule is CS(=O)(=O)OCc1ccc(C(=O)c2cccnc2)cc1. The van der Waals surface area contributed by atoms with Crippen molar-refractivity contribution in [2.45, 2.75) is 6.61 Å². The molecule has 0 fully saturated rings. The predicted octanol–water partition coefficient (Wildman–Crippen LogP) is 1.79. The van der Waals surface area contributed by atoms with E-state index in [1.165, 1.54) is 6.20 Å². The molecule has 0 radical (unpaired) electrons. The molecule has 0 saturated heterocycles. The number of hydrogen-bond acceptors (Lipinski definition) is 5. The molecular formula is C14H13NO4S. The van der Waals surface area contributed by atoms with E-state index in [2.05, 4.69) is 9.17 Å². The molecule has 5 nitrogen and oxygen atoms in total. The maximum Gasteiger partial charge on any atom is 0.264 e. The van der Waals surface area contributed by atoms with Gasteiger partial charge in [-0.25, -0.2) is 0 Å². The molecule has 0 amide bonds. The topological polar surface area (TPSA) is 73.3 Å². The Morgan fingerprint density at radius 3 is 2.40 bits per heavy atom. The minimum absolute atomic E-state index is 0.0415. The number of carbonyl (C=O) groups is 1. The van der Waals surface area contributed by atoms with E-state index >= 15 is 0 Å². The van der Waals surface area contributed by atoms with Crippen LogP contribution in [0.1, 0.15) is 21.5 Å². The van der Waals surface area contributed by atoms with Crippen molar-refractivity contribution < 1.29 is 17.4 Å². The molecule has 2 aromatic rings. The Morgan fingerprint density at radius 2 is 1.85 bits per heavy atom. The molecule has 0 aliphatic carbocycles. The van der Waals surface area contributed by atoms with Crippen LogP contribution in [0.15, 0.2) is 48.8 Å². The summed E-state index contributed by atoms with van der Waals surface area (Å²) in [7, 11) is -3.47. The predicted molar refractivity (Wildman–Crippen MR) is 73.7 cm³/mol. The molecule has 6 heteroatoms. The van der Waals surface area contributed by atoms with Gasteiger partial charge in [0.2, 0.25) is 0 Å². The maximum absolute atomic E-state index is 12.1. The smallest absolute Gasteiger partial charge is 0.264 e. The highest BCUT2D eigenvalue weighted by atomic mass is 32.2. The standard InChI is InChI=1S/C14H13NO4S/c1-20(17,18)19-10-11-4-6-12(7-5-11)14(16)13-3-2-8-15-9-13/h2-9H,10H2,1H3. The molecule has 0 unspecified atom stereocenters. The molecule has 0 saturated carbocycles. The molecule has 20 heavy (non-hydrogen) atoms. The van der Waals surface area contributed by atoms with E-state index in [0.717, 1.165) is 6.26 Å². The highest BCUT2D eigenvalue weighted by Crippen LogP contribution is 2.11. The molecule has 104 valence electrons. The van der Waals surface area contributed by atoms with Crippen LogP contribution in [0, 0.1) is 0 Å². The zero-order chi connectivity index (χ0) is 14.6. The quantitative estimate of drug-likeness (QED) is 0.620. The Kier molecular flexibility index (Phi) is 4.26. The van der Waals surface area contributed by atoms with Gasteiger partial charge in [-0.05, 0) is 17.7 Å². The first-order valence-corrected chi connectivity index (χ1v) is 7.65. The Hall–Kier alpha value is -2.05. The number of hydrogen-bond donors (Lipinski definition) is 0. The van der Waals surface area contributed by atoms with Crippen LogP contribution >= 0.6 is 0 Å². The normalized spacial score (nSPS) is 11.2. The summed E-state index contributed by atoms with van der Waals surface area (Å²) >= 11 is 0. The van der Waals surface area contributed by atoms with Gasteiger partial charge in [-0.3, -0.25) is 14.0 Å². The highest BCUT2D eigenvalue weighted by molar-refractivity contribution is 7.85. The Labute approximate surface area is 117 Å². The van der Waals surface area contributed by atoms with Gasteiger partial charge in [0.15, 0.2) is 5.78 Å². The lowest BCUT2D eigenvalue weighted by Gasteiger charge is -2.04. The molecule has 0 spiro atoms. The Balaban J connectivity index is 2.11. The van der Waals surface area contributed by atoms with Crippen molar-refractivity contribution >= 4 is 15.9 Å². The number of pyridine rings is 1. The first-order chi connectivity index (χ1) is 9.46. The Bertz CT molecular complexity index is 694. The minimum atomic E-state index is -3.47. The molecule has 0 N–H and O–H groups in total. The number of nitrogens with zero attached hydrogens (tertiary/aromatic N) is 1. The van der Waals surface area contributed by atoms with Crippen LogP contribution in [0.3, 0.4) is 0 Å². The monoisotopic (exact) mass is 291 g/mol. The third-order valence-corrected chi connectivity index (χ3v) is 3.13. The lowest BCUT2D eigenvalue weighted by atomic mass is 10.0. The average Bonchev–Trinajstić information content (AvgIpc) is 2.45. The molecule has 1 aromatic heterocycles. The van der Waals surface area contributed by atoms with Crippen LogP contribution in [0.5, 0.6) is 0 Å². The summed E-state index contributed by atoms with van der Waals surface area (Å²) in [6.07, 6.45) is 4.10. The second-order valence-corrected chi connectivity index (χ2v) is 5.88. The lowest BCUT2D eigenvalue weighted by Crippen LogP contribution is -2.04. The van der Waals surface area contributed by atoms with E-state index in [1.54, 1.807) is 42.6 Å². The lowest BCUT2D eigenvalue weighted by molar-refractivity contribution is 0.103. The summed E-state index contributed by atoms with van der Waals surface area (Å²) in [6.45, 7) is -0.0415. The van der Waals surface area contributed by atoms with E-state index < -0.39 is 10.1 Å². The van der Waals surface area contributed by atoms with Gasteiger partial charge in [0.1, 0.15) is 0 Å². The Morgan fingerprint density at radius 1 is 1.15 bits per heavy atom. The molecule has 0 bridgehead atoms. The second kappa shape index (κ2) is 5.94. The van der Waals surface area contributed by atoms with Gasteiger partial charge in [-0.2, -0.15) is 8.42 Å². The van der Waals surface area contributed by atoms with Crippen LogP contribution < -0.4 is 0 Å². The molecule has 0 aliphatic rings. The molecule has 1 heterocycles. The number of carbonyl (C=O) groups excluding carboxylic acids is 1. The van der Waals surface area contributed by atoms with Crippen molar-refractivity contribution in [3.05, 3.63) is 65.5 Å². The number of benzene rings is 1. The van der Waals surface area contributed by atoms with Gasteiger partial charge in [-0.15, -0.1) is 0 Å². The van der Waals surface area contributed by atoms with Crippen LogP contribution in [-0.4, -0.2) is 25.4 Å². The van der Waals surface area contributed by atoms with Crippen LogP contribution in [-0.2, 0) is 20.9 Å². The van der Waals surface area contributed by atoms with Gasteiger partial charge in [0.05, 0.1) is 12.9 Å². The molecule has 1 aromatic carbocycles.